The van der Waals surface area contributed by atoms with Gasteiger partial charge in [0.1, 0.15) is 0 Å². The fraction of sp³-hybridized carbons (Fsp3) is 0.350. The smallest absolute Gasteiger partial charge is 0.255 e. The van der Waals surface area contributed by atoms with Gasteiger partial charge in [0.2, 0.25) is 5.75 Å². The number of benzene rings is 2. The third-order valence-corrected chi connectivity index (χ3v) is 4.10. The average molecular weight is 422 g/mol. The molecule has 0 aliphatic carbocycles. The van der Waals surface area contributed by atoms with Gasteiger partial charge in [-0.1, -0.05) is 15.9 Å². The van der Waals surface area contributed by atoms with Crippen molar-refractivity contribution in [3.05, 3.63) is 45.9 Å². The lowest BCUT2D eigenvalue weighted by molar-refractivity contribution is 0.102. The normalized spacial score (nSPS) is 10.3. The zero-order chi connectivity index (χ0) is 19.1. The second-order valence-electron chi connectivity index (χ2n) is 5.51. The van der Waals surface area contributed by atoms with Crippen LogP contribution in [0.15, 0.2) is 34.8 Å². The van der Waals surface area contributed by atoms with Gasteiger partial charge in [-0.2, -0.15) is 0 Å². The van der Waals surface area contributed by atoms with E-state index < -0.39 is 0 Å². The number of anilines is 1. The zero-order valence-electron chi connectivity index (χ0n) is 15.5. The van der Waals surface area contributed by atoms with Crippen molar-refractivity contribution in [3.8, 4) is 17.2 Å². The molecule has 0 saturated carbocycles. The fourth-order valence-electron chi connectivity index (χ4n) is 2.48. The van der Waals surface area contributed by atoms with Crippen molar-refractivity contribution in [1.82, 2.24) is 0 Å². The highest BCUT2D eigenvalue weighted by molar-refractivity contribution is 9.10. The minimum atomic E-state index is -0.236. The lowest BCUT2D eigenvalue weighted by Gasteiger charge is -2.17. The van der Waals surface area contributed by atoms with E-state index in [9.17, 15) is 4.79 Å². The van der Waals surface area contributed by atoms with Crippen LogP contribution in [-0.4, -0.2) is 25.7 Å². The molecule has 0 unspecified atom stereocenters. The van der Waals surface area contributed by atoms with E-state index in [0.29, 0.717) is 42.6 Å². The molecule has 5 nitrogen and oxygen atoms in total. The molecule has 0 aliphatic rings. The van der Waals surface area contributed by atoms with Gasteiger partial charge in [0, 0.05) is 15.7 Å². The Kier molecular flexibility index (Phi) is 7.33. The first-order valence-corrected chi connectivity index (χ1v) is 9.43. The molecule has 2 aromatic rings. The Labute approximate surface area is 162 Å². The summed E-state index contributed by atoms with van der Waals surface area (Å²) in [4.78, 5) is 12.8. The van der Waals surface area contributed by atoms with Crippen LogP contribution in [0.4, 0.5) is 5.69 Å². The SMILES string of the molecule is CCOc1cc(C(=O)Nc2ccc(Br)cc2C)cc(OCC)c1OCC. The summed E-state index contributed by atoms with van der Waals surface area (Å²) in [5.41, 5.74) is 2.17. The van der Waals surface area contributed by atoms with Crippen molar-refractivity contribution in [3.63, 3.8) is 0 Å². The van der Waals surface area contributed by atoms with Crippen molar-refractivity contribution < 1.29 is 19.0 Å². The topological polar surface area (TPSA) is 56.8 Å². The highest BCUT2D eigenvalue weighted by atomic mass is 79.9. The molecule has 0 aliphatic heterocycles. The van der Waals surface area contributed by atoms with Crippen LogP contribution in [0, 0.1) is 6.92 Å². The molecule has 2 rings (SSSR count). The van der Waals surface area contributed by atoms with Gasteiger partial charge in [0.25, 0.3) is 5.91 Å². The predicted octanol–water partition coefficient (Wildman–Crippen LogP) is 5.21. The second kappa shape index (κ2) is 9.48. The predicted molar refractivity (Wildman–Crippen MR) is 107 cm³/mol. The largest absolute Gasteiger partial charge is 0.490 e. The number of aryl methyl sites for hydroxylation is 1. The number of amides is 1. The molecule has 0 saturated heterocycles. The van der Waals surface area contributed by atoms with Gasteiger partial charge in [-0.15, -0.1) is 0 Å². The first-order valence-electron chi connectivity index (χ1n) is 8.64. The molecule has 6 heteroatoms. The lowest BCUT2D eigenvalue weighted by atomic mass is 10.1. The summed E-state index contributed by atoms with van der Waals surface area (Å²) < 4.78 is 18.0. The van der Waals surface area contributed by atoms with Crippen LogP contribution in [0.3, 0.4) is 0 Å². The number of halogens is 1. The number of carbonyl (C=O) groups excluding carboxylic acids is 1. The molecule has 0 atom stereocenters. The molecule has 0 spiro atoms. The minimum Gasteiger partial charge on any atom is -0.490 e. The van der Waals surface area contributed by atoms with Gasteiger partial charge in [0.05, 0.1) is 19.8 Å². The Morgan fingerprint density at radius 2 is 1.54 bits per heavy atom. The maximum absolute atomic E-state index is 12.8. The van der Waals surface area contributed by atoms with Gasteiger partial charge < -0.3 is 19.5 Å². The highest BCUT2D eigenvalue weighted by Crippen LogP contribution is 2.39. The van der Waals surface area contributed by atoms with Crippen LogP contribution >= 0.6 is 15.9 Å². The van der Waals surface area contributed by atoms with E-state index in [1.54, 1.807) is 12.1 Å². The minimum absolute atomic E-state index is 0.236. The van der Waals surface area contributed by atoms with E-state index in [4.69, 9.17) is 14.2 Å². The summed E-state index contributed by atoms with van der Waals surface area (Å²) >= 11 is 3.42. The van der Waals surface area contributed by atoms with Crippen LogP contribution in [0.1, 0.15) is 36.7 Å². The molecule has 26 heavy (non-hydrogen) atoms. The molecular formula is C20H24BrNO4. The third kappa shape index (κ3) is 4.91. The van der Waals surface area contributed by atoms with Gasteiger partial charge in [-0.05, 0) is 63.6 Å². The molecular weight excluding hydrogens is 398 g/mol. The molecule has 0 radical (unpaired) electrons. The maximum Gasteiger partial charge on any atom is 0.255 e. The van der Waals surface area contributed by atoms with E-state index in [1.165, 1.54) is 0 Å². The maximum atomic E-state index is 12.8. The summed E-state index contributed by atoms with van der Waals surface area (Å²) in [5, 5.41) is 2.93. The van der Waals surface area contributed by atoms with E-state index in [1.807, 2.05) is 45.9 Å². The monoisotopic (exact) mass is 421 g/mol. The number of ether oxygens (including phenoxy) is 3. The quantitative estimate of drug-likeness (QED) is 0.635. The van der Waals surface area contributed by atoms with Crippen molar-refractivity contribution in [2.24, 2.45) is 0 Å². The Bertz CT molecular complexity index is 749. The van der Waals surface area contributed by atoms with E-state index in [-0.39, 0.29) is 5.91 Å². The molecule has 0 bridgehead atoms. The van der Waals surface area contributed by atoms with Crippen molar-refractivity contribution >= 4 is 27.5 Å². The Morgan fingerprint density at radius 1 is 0.962 bits per heavy atom. The Hall–Kier alpha value is -2.21. The first kappa shape index (κ1) is 20.1. The van der Waals surface area contributed by atoms with Crippen LogP contribution < -0.4 is 19.5 Å². The third-order valence-electron chi connectivity index (χ3n) is 3.61. The molecule has 140 valence electrons. The molecule has 1 N–H and O–H groups in total. The van der Waals surface area contributed by atoms with E-state index in [0.717, 1.165) is 15.7 Å². The Morgan fingerprint density at radius 3 is 2.04 bits per heavy atom. The van der Waals surface area contributed by atoms with Crippen LogP contribution in [0.25, 0.3) is 0 Å². The summed E-state index contributed by atoms with van der Waals surface area (Å²) in [6.07, 6.45) is 0. The molecule has 0 heterocycles. The lowest BCUT2D eigenvalue weighted by Crippen LogP contribution is -2.14. The summed E-state index contributed by atoms with van der Waals surface area (Å²) in [7, 11) is 0. The Balaban J connectivity index is 2.38. The first-order chi connectivity index (χ1) is 12.5. The summed E-state index contributed by atoms with van der Waals surface area (Å²) in [6.45, 7) is 9.00. The van der Waals surface area contributed by atoms with Gasteiger partial charge >= 0.3 is 0 Å². The number of hydrogen-bond acceptors (Lipinski definition) is 4. The van der Waals surface area contributed by atoms with Crippen molar-refractivity contribution in [2.45, 2.75) is 27.7 Å². The second-order valence-corrected chi connectivity index (χ2v) is 6.43. The molecule has 1 amide bonds. The summed E-state index contributed by atoms with van der Waals surface area (Å²) in [5.74, 6) is 1.28. The molecule has 0 fully saturated rings. The number of rotatable bonds is 8. The van der Waals surface area contributed by atoms with Gasteiger partial charge in [-0.25, -0.2) is 0 Å². The highest BCUT2D eigenvalue weighted by Gasteiger charge is 2.18. The number of carbonyl (C=O) groups is 1. The standard InChI is InChI=1S/C20H24BrNO4/c1-5-24-17-11-14(12-18(25-6-2)19(17)26-7-3)20(23)22-16-9-8-15(21)10-13(16)4/h8-12H,5-7H2,1-4H3,(H,22,23). The molecule has 0 aromatic heterocycles. The van der Waals surface area contributed by atoms with E-state index in [2.05, 4.69) is 21.2 Å². The average Bonchev–Trinajstić information content (AvgIpc) is 2.60. The number of nitrogens with one attached hydrogen (secondary N) is 1. The number of hydrogen-bond donors (Lipinski definition) is 1. The van der Waals surface area contributed by atoms with Gasteiger partial charge in [-0.3, -0.25) is 4.79 Å². The van der Waals surface area contributed by atoms with Crippen molar-refractivity contribution in [1.29, 1.82) is 0 Å². The fourth-order valence-corrected chi connectivity index (χ4v) is 2.96. The van der Waals surface area contributed by atoms with Gasteiger partial charge in [0.15, 0.2) is 11.5 Å². The molecule has 2 aromatic carbocycles. The zero-order valence-corrected chi connectivity index (χ0v) is 17.1. The van der Waals surface area contributed by atoms with Crippen molar-refractivity contribution in [2.75, 3.05) is 25.1 Å². The van der Waals surface area contributed by atoms with Crippen LogP contribution in [0.5, 0.6) is 17.2 Å². The van der Waals surface area contributed by atoms with Crippen LogP contribution in [-0.2, 0) is 0 Å². The van der Waals surface area contributed by atoms with Crippen LogP contribution in [0.2, 0.25) is 0 Å². The van der Waals surface area contributed by atoms with E-state index >= 15 is 0 Å². The summed E-state index contributed by atoms with van der Waals surface area (Å²) in [6, 6.07) is 9.06.